The van der Waals surface area contributed by atoms with Crippen molar-refractivity contribution in [1.29, 1.82) is 0 Å². The third-order valence-electron chi connectivity index (χ3n) is 6.63. The maximum Gasteiger partial charge on any atom is 0.216 e. The number of rotatable bonds is 3. The molecule has 0 unspecified atom stereocenters. The van der Waals surface area contributed by atoms with Crippen LogP contribution in [-0.4, -0.2) is 15.0 Å². The molecule has 0 atom stereocenters. The molecule has 2 aromatic carbocycles. The molecule has 1 radical (unpaired) electrons. The summed E-state index contributed by atoms with van der Waals surface area (Å²) in [4.78, 5) is 12.9. The molecule has 4 nitrogen and oxygen atoms in total. The van der Waals surface area contributed by atoms with Gasteiger partial charge < -0.3 is 14.4 Å². The summed E-state index contributed by atoms with van der Waals surface area (Å²) in [6.45, 7) is -2.66. The number of hydrogen-bond donors (Lipinski definition) is 0. The zero-order valence-electron chi connectivity index (χ0n) is 33.2. The van der Waals surface area contributed by atoms with E-state index in [0.29, 0.717) is 39.6 Å². The summed E-state index contributed by atoms with van der Waals surface area (Å²) in [5.74, 6) is -2.19. The van der Waals surface area contributed by atoms with Gasteiger partial charge >= 0.3 is 0 Å². The van der Waals surface area contributed by atoms with Crippen molar-refractivity contribution < 1.29 is 39.6 Å². The van der Waals surface area contributed by atoms with Crippen molar-refractivity contribution in [3.63, 3.8) is 0 Å². The Balaban J connectivity index is 0.000000258. The summed E-state index contributed by atoms with van der Waals surface area (Å²) in [7, 11) is 0. The summed E-state index contributed by atoms with van der Waals surface area (Å²) >= 11 is 0. The molecule has 7 rings (SSSR count). The maximum absolute atomic E-state index is 8.93. The Labute approximate surface area is 271 Å². The number of aromatic nitrogens is 3. The first-order chi connectivity index (χ1) is 23.8. The predicted octanol–water partition coefficient (Wildman–Crippen LogP) is 9.36. The SMILES string of the molecule is [2H]C([2H])([2H])c1ccc(-c2[c-]cccc2)nc1.[2H]C([2H])([2H])c1cnc(-c2[c-]ccc3c2oc2nc(C4([2H])C([2H])([2H])CCCC4([2H])[2H])ccc23)cc1C.[Ir]. The molecule has 0 saturated heterocycles. The summed E-state index contributed by atoms with van der Waals surface area (Å²) < 4.78 is 93.4. The molecular weight excluding hydrogens is 683 g/mol. The molecule has 1 aliphatic rings. The third-order valence-corrected chi connectivity index (χ3v) is 6.63. The minimum atomic E-state index is -2.27. The van der Waals surface area contributed by atoms with Gasteiger partial charge in [-0.3, -0.25) is 0 Å². The van der Waals surface area contributed by atoms with Crippen molar-refractivity contribution in [2.45, 2.75) is 58.5 Å². The smallest absolute Gasteiger partial charge is 0.216 e. The van der Waals surface area contributed by atoms with Crippen molar-refractivity contribution in [2.24, 2.45) is 0 Å². The zero-order chi connectivity index (χ0) is 37.0. The van der Waals surface area contributed by atoms with Gasteiger partial charge in [0, 0.05) is 64.6 Å². The minimum absolute atomic E-state index is 0. The van der Waals surface area contributed by atoms with Gasteiger partial charge in [-0.2, -0.15) is 0 Å². The van der Waals surface area contributed by atoms with Crippen LogP contribution in [0.5, 0.6) is 0 Å². The first-order valence-electron chi connectivity index (χ1n) is 18.5. The number of nitrogens with zero attached hydrogens (tertiary/aromatic N) is 3. The molecule has 0 amide bonds. The van der Waals surface area contributed by atoms with Crippen LogP contribution in [0.2, 0.25) is 0 Å². The van der Waals surface area contributed by atoms with Gasteiger partial charge in [0.1, 0.15) is 0 Å². The Morgan fingerprint density at radius 1 is 0.878 bits per heavy atom. The second-order valence-corrected chi connectivity index (χ2v) is 9.42. The van der Waals surface area contributed by atoms with E-state index in [1.807, 2.05) is 18.2 Å². The van der Waals surface area contributed by atoms with E-state index in [2.05, 4.69) is 27.1 Å². The average Bonchev–Trinajstić information content (AvgIpc) is 3.45. The van der Waals surface area contributed by atoms with Crippen LogP contribution >= 0.6 is 0 Å². The Morgan fingerprint density at radius 2 is 1.76 bits per heavy atom. The zero-order valence-corrected chi connectivity index (χ0v) is 24.6. The van der Waals surface area contributed by atoms with E-state index < -0.39 is 32.3 Å². The molecule has 0 bridgehead atoms. The van der Waals surface area contributed by atoms with E-state index in [1.165, 1.54) is 18.5 Å². The number of fused-ring (bicyclic) bond motifs is 3. The number of hydrogen-bond acceptors (Lipinski definition) is 4. The Kier molecular flexibility index (Phi) is 5.66. The number of pyridine rings is 3. The Morgan fingerprint density at radius 3 is 2.49 bits per heavy atom. The van der Waals surface area contributed by atoms with Gasteiger partial charge in [0.2, 0.25) is 5.71 Å². The van der Waals surface area contributed by atoms with Crippen LogP contribution in [0.15, 0.2) is 83.5 Å². The molecular formula is C36H33IrN3O-2. The summed E-state index contributed by atoms with van der Waals surface area (Å²) in [5.41, 5.74) is 4.16. The van der Waals surface area contributed by atoms with Gasteiger partial charge in [0.15, 0.2) is 0 Å². The molecule has 0 spiro atoms. The van der Waals surface area contributed by atoms with Crippen molar-refractivity contribution in [1.82, 2.24) is 15.0 Å². The van der Waals surface area contributed by atoms with Gasteiger partial charge in [-0.05, 0) is 68.0 Å². The molecule has 1 fully saturated rings. The van der Waals surface area contributed by atoms with Crippen LogP contribution in [-0.2, 0) is 20.1 Å². The summed E-state index contributed by atoms with van der Waals surface area (Å²) in [5, 5.41) is 1.34. The molecule has 4 heterocycles. The van der Waals surface area contributed by atoms with E-state index in [4.69, 9.17) is 19.5 Å². The van der Waals surface area contributed by atoms with Crippen molar-refractivity contribution in [2.75, 3.05) is 0 Å². The fourth-order valence-electron chi connectivity index (χ4n) is 4.51. The molecule has 0 N–H and O–H groups in total. The number of furan rings is 1. The second-order valence-electron chi connectivity index (χ2n) is 9.42. The normalized spacial score (nSPS) is 21.2. The van der Waals surface area contributed by atoms with Gasteiger partial charge in [-0.15, -0.1) is 54.1 Å². The summed E-state index contributed by atoms with van der Waals surface area (Å²) in [6.07, 6.45) is -0.972. The monoisotopic (exact) mass is 727 g/mol. The maximum atomic E-state index is 8.93. The Hall–Kier alpha value is -3.66. The minimum Gasteiger partial charge on any atom is -0.486 e. The largest absolute Gasteiger partial charge is 0.486 e. The van der Waals surface area contributed by atoms with E-state index in [0.717, 1.165) is 11.3 Å². The van der Waals surface area contributed by atoms with Crippen LogP contribution in [0.4, 0.5) is 0 Å². The van der Waals surface area contributed by atoms with Crippen LogP contribution in [0, 0.1) is 32.8 Å². The van der Waals surface area contributed by atoms with Crippen LogP contribution in [0.25, 0.3) is 44.6 Å². The first kappa shape index (κ1) is 18.0. The predicted molar refractivity (Wildman–Crippen MR) is 162 cm³/mol. The summed E-state index contributed by atoms with van der Waals surface area (Å²) in [6, 6.07) is 25.2. The van der Waals surface area contributed by atoms with Crippen molar-refractivity contribution in [3.8, 4) is 22.5 Å². The fraction of sp³-hybridized carbons (Fsp3) is 0.250. The van der Waals surface area contributed by atoms with Gasteiger partial charge in [0.25, 0.3) is 0 Å². The van der Waals surface area contributed by atoms with Gasteiger partial charge in [-0.1, -0.05) is 54.0 Å². The van der Waals surface area contributed by atoms with E-state index in [-0.39, 0.29) is 55.5 Å². The van der Waals surface area contributed by atoms with E-state index >= 15 is 0 Å². The van der Waals surface area contributed by atoms with E-state index in [9.17, 15) is 0 Å². The number of aryl methyl sites for hydroxylation is 3. The van der Waals surface area contributed by atoms with Crippen molar-refractivity contribution >= 4 is 22.1 Å². The molecule has 0 aliphatic heterocycles. The fourth-order valence-corrected chi connectivity index (χ4v) is 4.51. The van der Waals surface area contributed by atoms with E-state index in [1.54, 1.807) is 49.4 Å². The standard InChI is InChI=1S/C24H23N2O.C12H10N.Ir/c1-15-13-22(25-14-16(15)2)20-10-6-9-18-19-11-12-21(17-7-4-3-5-8-17)26-24(19)27-23(18)20;1-10-7-8-12(13-9-10)11-5-3-2-4-6-11;/h6,9,11-14,17H,3-5,7-8H2,1-2H3;2-5,7-9H,1H3;/q2*-1;/i2D3,7D2,8D2,17D;1D3;. The molecule has 41 heavy (non-hydrogen) atoms. The average molecular weight is 727 g/mol. The van der Waals surface area contributed by atoms with Crippen LogP contribution < -0.4 is 0 Å². The van der Waals surface area contributed by atoms with Crippen molar-refractivity contribution in [3.05, 3.63) is 114 Å². The van der Waals surface area contributed by atoms with Crippen LogP contribution in [0.3, 0.4) is 0 Å². The second kappa shape index (κ2) is 12.9. The molecule has 4 aromatic heterocycles. The van der Waals surface area contributed by atoms with Crippen LogP contribution in [0.1, 0.15) is 75.4 Å². The number of benzene rings is 2. The molecule has 6 aromatic rings. The molecule has 209 valence electrons. The molecule has 1 aliphatic carbocycles. The third kappa shape index (κ3) is 6.32. The quantitative estimate of drug-likeness (QED) is 0.171. The van der Waals surface area contributed by atoms with Gasteiger partial charge in [0.05, 0.1) is 5.58 Å². The first-order valence-corrected chi connectivity index (χ1v) is 13.0. The Bertz CT molecular complexity index is 2180. The molecule has 5 heteroatoms. The molecule has 1 saturated carbocycles. The topological polar surface area (TPSA) is 51.8 Å². The van der Waals surface area contributed by atoms with Gasteiger partial charge in [-0.25, -0.2) is 4.98 Å².